The van der Waals surface area contributed by atoms with Crippen LogP contribution in [0.25, 0.3) is 0 Å². The van der Waals surface area contributed by atoms with Crippen LogP contribution in [0.4, 0.5) is 11.8 Å². The van der Waals surface area contributed by atoms with Gasteiger partial charge in [-0.1, -0.05) is 0 Å². The average molecular weight is 193 g/mol. The van der Waals surface area contributed by atoms with Crippen molar-refractivity contribution in [1.82, 2.24) is 15.3 Å². The maximum Gasteiger partial charge on any atom is 0.227 e. The van der Waals surface area contributed by atoms with E-state index in [2.05, 4.69) is 25.5 Å². The third-order valence-corrected chi connectivity index (χ3v) is 2.30. The first-order valence-corrected chi connectivity index (χ1v) is 4.86. The highest BCUT2D eigenvalue weighted by Crippen LogP contribution is 2.10. The fourth-order valence-electron chi connectivity index (χ4n) is 1.50. The second-order valence-electron chi connectivity index (χ2n) is 3.23. The van der Waals surface area contributed by atoms with Gasteiger partial charge in [0.15, 0.2) is 0 Å². The molecule has 1 aromatic heterocycles. The van der Waals surface area contributed by atoms with E-state index in [4.69, 9.17) is 0 Å². The molecule has 0 bridgehead atoms. The molecular weight excluding hydrogens is 178 g/mol. The topological polar surface area (TPSA) is 53.1 Å². The maximum absolute atomic E-state index is 4.39. The molecule has 0 aromatic carbocycles. The van der Waals surface area contributed by atoms with Crippen molar-refractivity contribution in [2.24, 2.45) is 0 Å². The summed E-state index contributed by atoms with van der Waals surface area (Å²) in [6.07, 6.45) is 1.79. The van der Waals surface area contributed by atoms with Gasteiger partial charge in [-0.2, -0.15) is 4.98 Å². The standard InChI is InChI=1S/C9H15N5/c1-10-8-2-3-12-9(13-8)14-6-4-11-5-7-14/h2-3,11H,4-7H2,1H3,(H,10,12,13). The molecule has 0 saturated carbocycles. The van der Waals surface area contributed by atoms with Gasteiger partial charge in [-0.3, -0.25) is 0 Å². The number of nitrogens with one attached hydrogen (secondary N) is 2. The third-order valence-electron chi connectivity index (χ3n) is 2.30. The minimum atomic E-state index is 0.818. The fourth-order valence-corrected chi connectivity index (χ4v) is 1.50. The van der Waals surface area contributed by atoms with Gasteiger partial charge in [-0.15, -0.1) is 0 Å². The molecule has 76 valence electrons. The Morgan fingerprint density at radius 3 is 2.93 bits per heavy atom. The van der Waals surface area contributed by atoms with Gasteiger partial charge in [-0.25, -0.2) is 4.98 Å². The molecule has 2 heterocycles. The third kappa shape index (κ3) is 1.93. The SMILES string of the molecule is CNc1ccnc(N2CCNCC2)n1. The summed E-state index contributed by atoms with van der Waals surface area (Å²) in [6.45, 7) is 3.97. The van der Waals surface area contributed by atoms with Crippen LogP contribution < -0.4 is 15.5 Å². The van der Waals surface area contributed by atoms with E-state index in [1.807, 2.05) is 13.1 Å². The molecule has 0 radical (unpaired) electrons. The summed E-state index contributed by atoms with van der Waals surface area (Å²) in [7, 11) is 1.86. The van der Waals surface area contributed by atoms with Gasteiger partial charge in [-0.05, 0) is 6.07 Å². The van der Waals surface area contributed by atoms with Crippen LogP contribution in [0, 0.1) is 0 Å². The van der Waals surface area contributed by atoms with Crippen LogP contribution in [0.1, 0.15) is 0 Å². The van der Waals surface area contributed by atoms with Crippen molar-refractivity contribution in [2.45, 2.75) is 0 Å². The van der Waals surface area contributed by atoms with E-state index in [1.165, 1.54) is 0 Å². The first-order chi connectivity index (χ1) is 6.90. The van der Waals surface area contributed by atoms with Crippen LogP contribution >= 0.6 is 0 Å². The van der Waals surface area contributed by atoms with E-state index in [0.717, 1.165) is 37.9 Å². The number of anilines is 2. The highest BCUT2D eigenvalue weighted by molar-refractivity contribution is 5.40. The summed E-state index contributed by atoms with van der Waals surface area (Å²) in [5.41, 5.74) is 0. The van der Waals surface area contributed by atoms with Gasteiger partial charge in [0, 0.05) is 39.4 Å². The quantitative estimate of drug-likeness (QED) is 0.688. The maximum atomic E-state index is 4.39. The molecule has 0 unspecified atom stereocenters. The largest absolute Gasteiger partial charge is 0.373 e. The lowest BCUT2D eigenvalue weighted by atomic mass is 10.4. The zero-order chi connectivity index (χ0) is 9.80. The molecule has 0 spiro atoms. The van der Waals surface area contributed by atoms with Gasteiger partial charge >= 0.3 is 0 Å². The zero-order valence-electron chi connectivity index (χ0n) is 8.32. The van der Waals surface area contributed by atoms with Crippen molar-refractivity contribution < 1.29 is 0 Å². The van der Waals surface area contributed by atoms with Crippen LogP contribution in [-0.2, 0) is 0 Å². The van der Waals surface area contributed by atoms with E-state index in [0.29, 0.717) is 0 Å². The Hall–Kier alpha value is -1.36. The summed E-state index contributed by atoms with van der Waals surface area (Å²) in [5, 5.41) is 6.31. The monoisotopic (exact) mass is 193 g/mol. The van der Waals surface area contributed by atoms with Crippen LogP contribution in [0.3, 0.4) is 0 Å². The van der Waals surface area contributed by atoms with E-state index in [9.17, 15) is 0 Å². The van der Waals surface area contributed by atoms with Gasteiger partial charge < -0.3 is 15.5 Å². The number of piperazine rings is 1. The molecule has 1 saturated heterocycles. The minimum Gasteiger partial charge on any atom is -0.373 e. The van der Waals surface area contributed by atoms with Crippen LogP contribution in [0.5, 0.6) is 0 Å². The molecule has 1 aliphatic heterocycles. The Morgan fingerprint density at radius 1 is 1.43 bits per heavy atom. The molecule has 2 rings (SSSR count). The first-order valence-electron chi connectivity index (χ1n) is 4.86. The molecule has 0 amide bonds. The molecule has 1 aromatic rings. The number of aromatic nitrogens is 2. The molecule has 14 heavy (non-hydrogen) atoms. The van der Waals surface area contributed by atoms with Crippen LogP contribution in [0.15, 0.2) is 12.3 Å². The Kier molecular flexibility index (Phi) is 2.78. The molecular formula is C9H15N5. The second-order valence-corrected chi connectivity index (χ2v) is 3.23. The Labute approximate surface area is 83.5 Å². The number of rotatable bonds is 2. The summed E-state index contributed by atoms with van der Waals surface area (Å²) >= 11 is 0. The van der Waals surface area contributed by atoms with E-state index >= 15 is 0 Å². The van der Waals surface area contributed by atoms with Crippen molar-refractivity contribution in [1.29, 1.82) is 0 Å². The van der Waals surface area contributed by atoms with E-state index in [-0.39, 0.29) is 0 Å². The van der Waals surface area contributed by atoms with Gasteiger partial charge in [0.1, 0.15) is 5.82 Å². The molecule has 1 fully saturated rings. The van der Waals surface area contributed by atoms with Gasteiger partial charge in [0.25, 0.3) is 0 Å². The fraction of sp³-hybridized carbons (Fsp3) is 0.556. The zero-order valence-corrected chi connectivity index (χ0v) is 8.32. The summed E-state index contributed by atoms with van der Waals surface area (Å²) < 4.78 is 0. The smallest absolute Gasteiger partial charge is 0.227 e. The van der Waals surface area contributed by atoms with Crippen molar-refractivity contribution in [3.8, 4) is 0 Å². The molecule has 0 atom stereocenters. The van der Waals surface area contributed by atoms with Crippen molar-refractivity contribution >= 4 is 11.8 Å². The Balaban J connectivity index is 2.13. The molecule has 2 N–H and O–H groups in total. The summed E-state index contributed by atoms with van der Waals surface area (Å²) in [6, 6.07) is 1.87. The summed E-state index contributed by atoms with van der Waals surface area (Å²) in [4.78, 5) is 10.8. The predicted octanol–water partition coefficient (Wildman–Crippen LogP) is -0.0721. The van der Waals surface area contributed by atoms with Crippen molar-refractivity contribution in [3.05, 3.63) is 12.3 Å². The number of hydrogen-bond donors (Lipinski definition) is 2. The Bertz CT molecular complexity index is 295. The van der Waals surface area contributed by atoms with E-state index < -0.39 is 0 Å². The Morgan fingerprint density at radius 2 is 2.21 bits per heavy atom. The van der Waals surface area contributed by atoms with Crippen LogP contribution in [0.2, 0.25) is 0 Å². The van der Waals surface area contributed by atoms with Crippen molar-refractivity contribution in [2.75, 3.05) is 43.4 Å². The predicted molar refractivity (Wildman–Crippen MR) is 56.7 cm³/mol. The lowest BCUT2D eigenvalue weighted by Crippen LogP contribution is -2.44. The molecule has 5 nitrogen and oxygen atoms in total. The molecule has 1 aliphatic rings. The van der Waals surface area contributed by atoms with Gasteiger partial charge in [0.05, 0.1) is 0 Å². The lowest BCUT2D eigenvalue weighted by Gasteiger charge is -2.27. The number of hydrogen-bond acceptors (Lipinski definition) is 5. The highest BCUT2D eigenvalue weighted by atomic mass is 15.3. The van der Waals surface area contributed by atoms with Crippen molar-refractivity contribution in [3.63, 3.8) is 0 Å². The number of nitrogens with zero attached hydrogens (tertiary/aromatic N) is 3. The second kappa shape index (κ2) is 4.23. The average Bonchev–Trinajstić information content (AvgIpc) is 2.30. The summed E-state index contributed by atoms with van der Waals surface area (Å²) in [5.74, 6) is 1.69. The molecule has 0 aliphatic carbocycles. The van der Waals surface area contributed by atoms with E-state index in [1.54, 1.807) is 6.20 Å². The lowest BCUT2D eigenvalue weighted by molar-refractivity contribution is 0.580. The van der Waals surface area contributed by atoms with Crippen LogP contribution in [-0.4, -0.2) is 43.2 Å². The van der Waals surface area contributed by atoms with Gasteiger partial charge in [0.2, 0.25) is 5.95 Å². The first kappa shape index (κ1) is 9.21. The highest BCUT2D eigenvalue weighted by Gasteiger charge is 2.12. The minimum absolute atomic E-state index is 0.818. The normalized spacial score (nSPS) is 16.8. The molecule has 5 heteroatoms.